The first-order valence-corrected chi connectivity index (χ1v) is 5.63. The first kappa shape index (κ1) is 13.5. The summed E-state index contributed by atoms with van der Waals surface area (Å²) in [5, 5.41) is 22.1. The molecule has 0 aromatic heterocycles. The Morgan fingerprint density at radius 1 is 1.56 bits per heavy atom. The first-order valence-electron chi connectivity index (χ1n) is 5.63. The number of nitrogens with one attached hydrogen (secondary N) is 1. The monoisotopic (exact) mass is 226 g/mol. The van der Waals surface area contributed by atoms with Gasteiger partial charge < -0.3 is 21.3 Å². The Labute approximate surface area is 96.8 Å². The Kier molecular flexibility index (Phi) is 4.77. The summed E-state index contributed by atoms with van der Waals surface area (Å²) in [5.41, 5.74) is 4.28. The molecule has 2 unspecified atom stereocenters. The van der Waals surface area contributed by atoms with Crippen LogP contribution in [0.15, 0.2) is 0 Å². The Morgan fingerprint density at radius 3 is 2.56 bits per heavy atom. The molecule has 0 saturated carbocycles. The van der Waals surface area contributed by atoms with Crippen molar-refractivity contribution in [2.45, 2.75) is 37.2 Å². The molecule has 1 fully saturated rings. The van der Waals surface area contributed by atoms with Gasteiger partial charge in [-0.1, -0.05) is 19.2 Å². The van der Waals surface area contributed by atoms with E-state index in [2.05, 4.69) is 5.32 Å². The van der Waals surface area contributed by atoms with E-state index in [-0.39, 0.29) is 12.3 Å². The van der Waals surface area contributed by atoms with Gasteiger partial charge in [-0.05, 0) is 6.42 Å². The van der Waals surface area contributed by atoms with Gasteiger partial charge in [-0.2, -0.15) is 0 Å². The van der Waals surface area contributed by atoms with Crippen LogP contribution in [-0.4, -0.2) is 48.8 Å². The van der Waals surface area contributed by atoms with Gasteiger partial charge in [0.1, 0.15) is 5.54 Å². The third-order valence-corrected chi connectivity index (χ3v) is 3.23. The molecule has 6 heteroatoms. The summed E-state index contributed by atoms with van der Waals surface area (Å²) in [4.78, 5) is 11.2. The fraction of sp³-hybridized carbons (Fsp3) is 0.900. The van der Waals surface area contributed by atoms with Crippen LogP contribution in [0.5, 0.6) is 0 Å². The van der Waals surface area contributed by atoms with E-state index < -0.39 is 17.6 Å². The number of aliphatic hydroxyl groups is 1. The summed E-state index contributed by atoms with van der Waals surface area (Å²) in [7, 11) is 5.35. The SMILES string of the molecule is [B]CCCCC(N)(C(=O)O)C(O)C1CNC1. The number of carbonyl (C=O) groups is 1. The average Bonchev–Trinajstić information content (AvgIpc) is 2.14. The lowest BCUT2D eigenvalue weighted by molar-refractivity contribution is -0.151. The highest BCUT2D eigenvalue weighted by Gasteiger charge is 2.46. The van der Waals surface area contributed by atoms with Crippen molar-refractivity contribution in [3.05, 3.63) is 0 Å². The van der Waals surface area contributed by atoms with Crippen molar-refractivity contribution >= 4 is 13.8 Å². The van der Waals surface area contributed by atoms with E-state index in [1.807, 2.05) is 0 Å². The molecule has 16 heavy (non-hydrogen) atoms. The van der Waals surface area contributed by atoms with Crippen molar-refractivity contribution < 1.29 is 15.0 Å². The summed E-state index contributed by atoms with van der Waals surface area (Å²) in [6.45, 7) is 1.26. The maximum atomic E-state index is 11.2. The second kappa shape index (κ2) is 5.66. The summed E-state index contributed by atoms with van der Waals surface area (Å²) in [6, 6.07) is 0. The molecule has 0 aromatic carbocycles. The second-order valence-corrected chi connectivity index (χ2v) is 4.45. The van der Waals surface area contributed by atoms with Gasteiger partial charge in [0.15, 0.2) is 0 Å². The molecule has 5 N–H and O–H groups in total. The van der Waals surface area contributed by atoms with Crippen LogP contribution in [0.1, 0.15) is 19.3 Å². The number of unbranched alkanes of at least 4 members (excludes halogenated alkanes) is 1. The third kappa shape index (κ3) is 2.75. The molecule has 1 aliphatic heterocycles. The van der Waals surface area contributed by atoms with Crippen molar-refractivity contribution in [1.29, 1.82) is 0 Å². The number of aliphatic hydroxyl groups excluding tert-OH is 1. The number of aliphatic carboxylic acids is 1. The van der Waals surface area contributed by atoms with Gasteiger partial charge in [0.2, 0.25) is 0 Å². The largest absolute Gasteiger partial charge is 0.480 e. The zero-order valence-electron chi connectivity index (χ0n) is 9.35. The van der Waals surface area contributed by atoms with Crippen LogP contribution in [0.4, 0.5) is 0 Å². The third-order valence-electron chi connectivity index (χ3n) is 3.23. The summed E-state index contributed by atoms with van der Waals surface area (Å²) in [6.07, 6.45) is 1.12. The topological polar surface area (TPSA) is 95.6 Å². The Balaban J connectivity index is 2.58. The standard InChI is InChI=1S/C10H19BN2O3/c11-4-2-1-3-10(12,9(15)16)8(14)7-5-13-6-7/h7-8,13-14H,1-6,12H2,(H,15,16). The van der Waals surface area contributed by atoms with Crippen LogP contribution in [-0.2, 0) is 4.79 Å². The predicted molar refractivity (Wildman–Crippen MR) is 61.3 cm³/mol. The van der Waals surface area contributed by atoms with E-state index in [0.29, 0.717) is 25.8 Å². The smallest absolute Gasteiger partial charge is 0.326 e. The molecule has 0 aliphatic carbocycles. The molecule has 90 valence electrons. The first-order chi connectivity index (χ1) is 7.52. The number of carboxylic acids is 1. The quantitative estimate of drug-likeness (QED) is 0.333. The molecule has 5 nitrogen and oxygen atoms in total. The van der Waals surface area contributed by atoms with Gasteiger partial charge in [0, 0.05) is 19.0 Å². The van der Waals surface area contributed by atoms with E-state index in [1.165, 1.54) is 0 Å². The molecule has 0 spiro atoms. The molecular formula is C10H19BN2O3. The molecular weight excluding hydrogens is 207 g/mol. The Bertz CT molecular complexity index is 248. The fourth-order valence-corrected chi connectivity index (χ4v) is 1.90. The van der Waals surface area contributed by atoms with Crippen LogP contribution < -0.4 is 11.1 Å². The molecule has 1 heterocycles. The second-order valence-electron chi connectivity index (χ2n) is 4.45. The van der Waals surface area contributed by atoms with Gasteiger partial charge in [-0.15, -0.1) is 0 Å². The maximum absolute atomic E-state index is 11.2. The van der Waals surface area contributed by atoms with E-state index in [1.54, 1.807) is 0 Å². The van der Waals surface area contributed by atoms with Gasteiger partial charge >= 0.3 is 5.97 Å². The van der Waals surface area contributed by atoms with Crippen molar-refractivity contribution in [1.82, 2.24) is 5.32 Å². The highest BCUT2D eigenvalue weighted by atomic mass is 16.4. The van der Waals surface area contributed by atoms with E-state index >= 15 is 0 Å². The van der Waals surface area contributed by atoms with Crippen molar-refractivity contribution in [2.75, 3.05) is 13.1 Å². The Hall–Kier alpha value is -0.585. The van der Waals surface area contributed by atoms with E-state index in [9.17, 15) is 9.90 Å². The molecule has 1 saturated heterocycles. The Morgan fingerprint density at radius 2 is 2.19 bits per heavy atom. The molecule has 2 radical (unpaired) electrons. The van der Waals surface area contributed by atoms with Crippen LogP contribution in [0, 0.1) is 5.92 Å². The molecule has 0 aromatic rings. The lowest BCUT2D eigenvalue weighted by Crippen LogP contribution is -2.65. The number of hydrogen-bond donors (Lipinski definition) is 4. The number of carboxylic acid groups (broad SMARTS) is 1. The summed E-state index contributed by atoms with van der Waals surface area (Å²) < 4.78 is 0. The van der Waals surface area contributed by atoms with Crippen molar-refractivity contribution in [2.24, 2.45) is 11.7 Å². The highest BCUT2D eigenvalue weighted by molar-refractivity contribution is 6.08. The van der Waals surface area contributed by atoms with Crippen LogP contribution in [0.25, 0.3) is 0 Å². The van der Waals surface area contributed by atoms with E-state index in [0.717, 1.165) is 6.42 Å². The molecule has 2 atom stereocenters. The van der Waals surface area contributed by atoms with Gasteiger partial charge in [0.25, 0.3) is 0 Å². The van der Waals surface area contributed by atoms with Gasteiger partial charge in [-0.25, -0.2) is 0 Å². The lowest BCUT2D eigenvalue weighted by atomic mass is 9.78. The summed E-state index contributed by atoms with van der Waals surface area (Å²) >= 11 is 0. The highest BCUT2D eigenvalue weighted by Crippen LogP contribution is 2.24. The lowest BCUT2D eigenvalue weighted by Gasteiger charge is -2.39. The number of nitrogens with two attached hydrogens (primary N) is 1. The molecule has 1 aliphatic rings. The van der Waals surface area contributed by atoms with Crippen molar-refractivity contribution in [3.8, 4) is 0 Å². The minimum Gasteiger partial charge on any atom is -0.480 e. The van der Waals surface area contributed by atoms with Gasteiger partial charge in [-0.3, -0.25) is 4.79 Å². The average molecular weight is 226 g/mol. The number of hydrogen-bond acceptors (Lipinski definition) is 4. The van der Waals surface area contributed by atoms with Crippen LogP contribution >= 0.6 is 0 Å². The van der Waals surface area contributed by atoms with Crippen LogP contribution in [0.2, 0.25) is 6.32 Å². The minimum absolute atomic E-state index is 0.0565. The maximum Gasteiger partial charge on any atom is 0.326 e. The normalized spacial score (nSPS) is 22.1. The molecule has 0 bridgehead atoms. The zero-order valence-corrected chi connectivity index (χ0v) is 9.35. The van der Waals surface area contributed by atoms with E-state index in [4.69, 9.17) is 18.7 Å². The molecule has 1 rings (SSSR count). The fourth-order valence-electron chi connectivity index (χ4n) is 1.90. The minimum atomic E-state index is -1.54. The van der Waals surface area contributed by atoms with Crippen LogP contribution in [0.3, 0.4) is 0 Å². The predicted octanol–water partition coefficient (Wildman–Crippen LogP) is -0.894. The number of rotatable bonds is 7. The van der Waals surface area contributed by atoms with Gasteiger partial charge in [0.05, 0.1) is 14.0 Å². The summed E-state index contributed by atoms with van der Waals surface area (Å²) in [5.74, 6) is -1.19. The van der Waals surface area contributed by atoms with Crippen molar-refractivity contribution in [3.63, 3.8) is 0 Å². The molecule has 0 amide bonds. The zero-order chi connectivity index (χ0) is 12.2.